The zero-order valence-electron chi connectivity index (χ0n) is 15.2. The minimum atomic E-state index is -0.593. The monoisotopic (exact) mass is 361 g/mol. The average Bonchev–Trinajstić information content (AvgIpc) is 3.13. The van der Waals surface area contributed by atoms with Gasteiger partial charge in [-0.05, 0) is 18.1 Å². The predicted octanol–water partition coefficient (Wildman–Crippen LogP) is 2.70. The van der Waals surface area contributed by atoms with Gasteiger partial charge in [0.05, 0.1) is 20.3 Å². The fraction of sp³-hybridized carbons (Fsp3) is 0.389. The number of urea groups is 1. The van der Waals surface area contributed by atoms with E-state index < -0.39 is 5.97 Å². The summed E-state index contributed by atoms with van der Waals surface area (Å²) in [6, 6.07) is 7.31. The first-order chi connectivity index (χ1) is 12.6. The molecule has 0 aliphatic carbocycles. The summed E-state index contributed by atoms with van der Waals surface area (Å²) in [7, 11) is 2.82. The number of ether oxygens (including phenoxy) is 2. The van der Waals surface area contributed by atoms with Crippen molar-refractivity contribution in [2.75, 3.05) is 32.7 Å². The second-order valence-electron chi connectivity index (χ2n) is 5.47. The highest BCUT2D eigenvalue weighted by Gasteiger charge is 2.19. The largest absolute Gasteiger partial charge is 0.464 e. The van der Waals surface area contributed by atoms with Crippen LogP contribution >= 0.6 is 0 Å². The molecule has 8 heteroatoms. The lowest BCUT2D eigenvalue weighted by molar-refractivity contribution is 0.0594. The standard InChI is InChI=1S/C18H23N3O5/c1-4-13-7-5-6-8-14(13)20-18(23)21(9-10-24-2)11-16-19-15(12-26-16)17(22)25-3/h5-8,12H,4,9-11H2,1-3H3,(H,20,23). The number of amides is 2. The number of hydrogen-bond acceptors (Lipinski definition) is 6. The van der Waals surface area contributed by atoms with Crippen LogP contribution in [0.1, 0.15) is 28.9 Å². The number of para-hydroxylation sites is 1. The Morgan fingerprint density at radius 3 is 2.73 bits per heavy atom. The van der Waals surface area contributed by atoms with E-state index in [1.165, 1.54) is 18.3 Å². The number of benzene rings is 1. The summed E-state index contributed by atoms with van der Waals surface area (Å²) in [5.41, 5.74) is 1.85. The molecule has 2 rings (SSSR count). The van der Waals surface area contributed by atoms with Crippen LogP contribution in [0, 0.1) is 0 Å². The Morgan fingerprint density at radius 2 is 2.04 bits per heavy atom. The van der Waals surface area contributed by atoms with Crippen LogP contribution in [-0.2, 0) is 22.4 Å². The highest BCUT2D eigenvalue weighted by atomic mass is 16.5. The van der Waals surface area contributed by atoms with Crippen molar-refractivity contribution in [2.24, 2.45) is 0 Å². The van der Waals surface area contributed by atoms with Crippen molar-refractivity contribution >= 4 is 17.7 Å². The molecule has 1 aromatic carbocycles. The van der Waals surface area contributed by atoms with Crippen molar-refractivity contribution in [3.05, 3.63) is 47.7 Å². The first-order valence-corrected chi connectivity index (χ1v) is 8.24. The first kappa shape index (κ1) is 19.5. The first-order valence-electron chi connectivity index (χ1n) is 8.24. The van der Waals surface area contributed by atoms with E-state index >= 15 is 0 Å². The Labute approximate surface area is 152 Å². The van der Waals surface area contributed by atoms with Crippen LogP contribution in [0.5, 0.6) is 0 Å². The molecule has 0 radical (unpaired) electrons. The van der Waals surface area contributed by atoms with Crippen LogP contribution in [0.15, 0.2) is 34.9 Å². The van der Waals surface area contributed by atoms with Gasteiger partial charge >= 0.3 is 12.0 Å². The lowest BCUT2D eigenvalue weighted by Gasteiger charge is -2.22. The van der Waals surface area contributed by atoms with Crippen LogP contribution in [-0.4, -0.2) is 49.3 Å². The van der Waals surface area contributed by atoms with E-state index in [1.54, 1.807) is 7.11 Å². The third-order valence-electron chi connectivity index (χ3n) is 3.76. The van der Waals surface area contributed by atoms with Gasteiger partial charge in [-0.2, -0.15) is 0 Å². The smallest absolute Gasteiger partial charge is 0.360 e. The molecule has 0 atom stereocenters. The molecule has 8 nitrogen and oxygen atoms in total. The van der Waals surface area contributed by atoms with Gasteiger partial charge in [0, 0.05) is 19.3 Å². The Morgan fingerprint density at radius 1 is 1.27 bits per heavy atom. The fourth-order valence-corrected chi connectivity index (χ4v) is 2.34. The molecule has 140 valence electrons. The molecule has 0 bridgehead atoms. The number of carbonyl (C=O) groups excluding carboxylic acids is 2. The van der Waals surface area contributed by atoms with Gasteiger partial charge in [0.1, 0.15) is 6.26 Å². The second-order valence-corrected chi connectivity index (χ2v) is 5.47. The lowest BCUT2D eigenvalue weighted by atomic mass is 10.1. The molecule has 1 N–H and O–H groups in total. The Balaban J connectivity index is 2.11. The fourth-order valence-electron chi connectivity index (χ4n) is 2.34. The number of rotatable bonds is 8. The number of hydrogen-bond donors (Lipinski definition) is 1. The molecule has 26 heavy (non-hydrogen) atoms. The van der Waals surface area contributed by atoms with Gasteiger partial charge in [-0.25, -0.2) is 14.6 Å². The number of aromatic nitrogens is 1. The molecule has 0 spiro atoms. The van der Waals surface area contributed by atoms with E-state index in [-0.39, 0.29) is 24.2 Å². The van der Waals surface area contributed by atoms with Gasteiger partial charge in [0.15, 0.2) is 5.69 Å². The van der Waals surface area contributed by atoms with E-state index in [0.29, 0.717) is 13.2 Å². The number of oxazole rings is 1. The molecular formula is C18H23N3O5. The topological polar surface area (TPSA) is 93.9 Å². The molecule has 2 amide bonds. The number of anilines is 1. The molecule has 0 aliphatic rings. The van der Waals surface area contributed by atoms with Crippen LogP contribution in [0.2, 0.25) is 0 Å². The summed E-state index contributed by atoms with van der Waals surface area (Å²) < 4.78 is 14.9. The Hall–Kier alpha value is -2.87. The van der Waals surface area contributed by atoms with Crippen LogP contribution < -0.4 is 5.32 Å². The van der Waals surface area contributed by atoms with E-state index in [1.807, 2.05) is 31.2 Å². The molecule has 0 fully saturated rings. The third kappa shape index (κ3) is 5.06. The van der Waals surface area contributed by atoms with Gasteiger partial charge in [-0.1, -0.05) is 25.1 Å². The number of esters is 1. The number of nitrogens with one attached hydrogen (secondary N) is 1. The zero-order valence-corrected chi connectivity index (χ0v) is 15.2. The molecule has 0 saturated heterocycles. The molecule has 1 heterocycles. The number of methoxy groups -OCH3 is 2. The summed E-state index contributed by atoms with van der Waals surface area (Å²) in [4.78, 5) is 29.7. The van der Waals surface area contributed by atoms with Gasteiger partial charge < -0.3 is 24.1 Å². The highest BCUT2D eigenvalue weighted by molar-refractivity contribution is 5.90. The summed E-state index contributed by atoms with van der Waals surface area (Å²) in [6.45, 7) is 2.81. The summed E-state index contributed by atoms with van der Waals surface area (Å²) in [5.74, 6) is -0.356. The third-order valence-corrected chi connectivity index (χ3v) is 3.76. The van der Waals surface area contributed by atoms with Crippen LogP contribution in [0.4, 0.5) is 10.5 Å². The average molecular weight is 361 g/mol. The molecule has 2 aromatic rings. The summed E-state index contributed by atoms with van der Waals surface area (Å²) in [6.07, 6.45) is 2.01. The van der Waals surface area contributed by atoms with Crippen LogP contribution in [0.25, 0.3) is 0 Å². The van der Waals surface area contributed by atoms with Crippen molar-refractivity contribution in [3.8, 4) is 0 Å². The van der Waals surface area contributed by atoms with Crippen molar-refractivity contribution < 1.29 is 23.5 Å². The van der Waals surface area contributed by atoms with Crippen molar-refractivity contribution in [3.63, 3.8) is 0 Å². The molecular weight excluding hydrogens is 338 g/mol. The minimum Gasteiger partial charge on any atom is -0.464 e. The maximum absolute atomic E-state index is 12.7. The van der Waals surface area contributed by atoms with Gasteiger partial charge in [0.25, 0.3) is 0 Å². The number of aryl methyl sites for hydroxylation is 1. The Bertz CT molecular complexity index is 744. The van der Waals surface area contributed by atoms with Gasteiger partial charge in [-0.3, -0.25) is 0 Å². The quantitative estimate of drug-likeness (QED) is 0.727. The lowest BCUT2D eigenvalue weighted by Crippen LogP contribution is -2.37. The van der Waals surface area contributed by atoms with Crippen molar-refractivity contribution in [1.29, 1.82) is 0 Å². The van der Waals surface area contributed by atoms with E-state index in [0.717, 1.165) is 17.7 Å². The van der Waals surface area contributed by atoms with E-state index in [2.05, 4.69) is 15.0 Å². The van der Waals surface area contributed by atoms with Crippen molar-refractivity contribution in [1.82, 2.24) is 9.88 Å². The SMILES string of the molecule is CCc1ccccc1NC(=O)N(CCOC)Cc1nc(C(=O)OC)co1. The van der Waals surface area contributed by atoms with E-state index in [9.17, 15) is 9.59 Å². The number of nitrogens with zero attached hydrogens (tertiary/aromatic N) is 2. The zero-order chi connectivity index (χ0) is 18.9. The maximum Gasteiger partial charge on any atom is 0.360 e. The Kier molecular flexibility index (Phi) is 7.16. The highest BCUT2D eigenvalue weighted by Crippen LogP contribution is 2.17. The van der Waals surface area contributed by atoms with Crippen molar-refractivity contribution in [2.45, 2.75) is 19.9 Å². The molecule has 0 saturated carbocycles. The number of carbonyl (C=O) groups is 2. The van der Waals surface area contributed by atoms with Gasteiger partial charge in [0.2, 0.25) is 5.89 Å². The van der Waals surface area contributed by atoms with Gasteiger partial charge in [-0.15, -0.1) is 0 Å². The second kappa shape index (κ2) is 9.57. The van der Waals surface area contributed by atoms with E-state index in [4.69, 9.17) is 9.15 Å². The molecule has 0 aliphatic heterocycles. The van der Waals surface area contributed by atoms with Crippen LogP contribution in [0.3, 0.4) is 0 Å². The molecule has 0 unspecified atom stereocenters. The predicted molar refractivity (Wildman–Crippen MR) is 95.0 cm³/mol. The normalized spacial score (nSPS) is 10.4. The minimum absolute atomic E-state index is 0.0610. The molecule has 1 aromatic heterocycles. The summed E-state index contributed by atoms with van der Waals surface area (Å²) in [5, 5.41) is 2.90. The summed E-state index contributed by atoms with van der Waals surface area (Å²) >= 11 is 0. The maximum atomic E-state index is 12.7.